The molecule has 0 spiro atoms. The lowest BCUT2D eigenvalue weighted by Gasteiger charge is -2.37. The Morgan fingerprint density at radius 3 is 2.61 bits per heavy atom. The molecule has 2 unspecified atom stereocenters. The van der Waals surface area contributed by atoms with Gasteiger partial charge < -0.3 is 4.74 Å². The molecule has 0 saturated carbocycles. The standard InChI is InChI=1S/C23H22N2O5S/c1-29-23(26)19-11-7-15-30-24-14-13-18-17-10-5-6-12-20(17)25(22(18)21(19)24)31(27,28)16-8-3-2-4-9-16/h2-12,19,21H,13-15H2,1H3. The fourth-order valence-corrected chi connectivity index (χ4v) is 6.20. The smallest absolute Gasteiger partial charge is 0.314 e. The quantitative estimate of drug-likeness (QED) is 0.462. The second-order valence-corrected chi connectivity index (χ2v) is 9.36. The summed E-state index contributed by atoms with van der Waals surface area (Å²) in [4.78, 5) is 18.8. The molecule has 2 aliphatic heterocycles. The highest BCUT2D eigenvalue weighted by molar-refractivity contribution is 7.90. The third-order valence-electron chi connectivity index (χ3n) is 5.92. The second-order valence-electron chi connectivity index (χ2n) is 7.57. The van der Waals surface area contributed by atoms with E-state index in [1.54, 1.807) is 53.6 Å². The molecule has 0 amide bonds. The molecule has 5 rings (SSSR count). The largest absolute Gasteiger partial charge is 0.469 e. The molecule has 3 heterocycles. The topological polar surface area (TPSA) is 77.8 Å². The van der Waals surface area contributed by atoms with Crippen LogP contribution < -0.4 is 0 Å². The van der Waals surface area contributed by atoms with E-state index in [2.05, 4.69) is 0 Å². The van der Waals surface area contributed by atoms with Gasteiger partial charge in [-0.05, 0) is 30.2 Å². The van der Waals surface area contributed by atoms with E-state index < -0.39 is 28.0 Å². The Hall–Kier alpha value is -2.94. The van der Waals surface area contributed by atoms with Gasteiger partial charge in [-0.25, -0.2) is 12.4 Å². The van der Waals surface area contributed by atoms with Crippen LogP contribution in [0.3, 0.4) is 0 Å². The maximum Gasteiger partial charge on any atom is 0.314 e. The van der Waals surface area contributed by atoms with Gasteiger partial charge in [-0.1, -0.05) is 48.6 Å². The zero-order valence-electron chi connectivity index (χ0n) is 17.0. The number of aromatic nitrogens is 1. The van der Waals surface area contributed by atoms with Crippen LogP contribution in [0.4, 0.5) is 0 Å². The molecule has 0 fully saturated rings. The van der Waals surface area contributed by atoms with E-state index in [-0.39, 0.29) is 4.90 Å². The predicted octanol–water partition coefficient (Wildman–Crippen LogP) is 3.07. The Labute approximate surface area is 180 Å². The number of ether oxygens (including phenoxy) is 1. The highest BCUT2D eigenvalue weighted by Gasteiger charge is 2.44. The second kappa shape index (κ2) is 7.64. The number of benzene rings is 2. The van der Waals surface area contributed by atoms with Crippen LogP contribution in [0, 0.1) is 5.92 Å². The molecule has 2 atom stereocenters. The molecular weight excluding hydrogens is 416 g/mol. The maximum atomic E-state index is 13.9. The first kappa shape index (κ1) is 20.0. The molecule has 1 aromatic heterocycles. The highest BCUT2D eigenvalue weighted by Crippen LogP contribution is 2.44. The number of hydrogen-bond donors (Lipinski definition) is 0. The highest BCUT2D eigenvalue weighted by atomic mass is 32.2. The summed E-state index contributed by atoms with van der Waals surface area (Å²) in [5.41, 5.74) is 2.07. The number of carbonyl (C=O) groups is 1. The van der Waals surface area contributed by atoms with Gasteiger partial charge in [0.05, 0.1) is 41.8 Å². The molecule has 0 aliphatic carbocycles. The summed E-state index contributed by atoms with van der Waals surface area (Å²) in [6, 6.07) is 15.2. The molecule has 160 valence electrons. The first-order valence-corrected chi connectivity index (χ1v) is 11.5. The minimum Gasteiger partial charge on any atom is -0.469 e. The van der Waals surface area contributed by atoms with Crippen molar-refractivity contribution in [2.45, 2.75) is 17.4 Å². The van der Waals surface area contributed by atoms with Crippen LogP contribution in [0.1, 0.15) is 17.3 Å². The van der Waals surface area contributed by atoms with Crippen LogP contribution in [-0.4, -0.2) is 43.7 Å². The molecule has 8 heteroatoms. The van der Waals surface area contributed by atoms with Crippen LogP contribution in [0.15, 0.2) is 71.6 Å². The zero-order chi connectivity index (χ0) is 21.6. The minimum absolute atomic E-state index is 0.190. The van der Waals surface area contributed by atoms with Crippen LogP contribution >= 0.6 is 0 Å². The van der Waals surface area contributed by atoms with Crippen molar-refractivity contribution in [3.8, 4) is 0 Å². The minimum atomic E-state index is -3.92. The number of methoxy groups -OCH3 is 1. The van der Waals surface area contributed by atoms with E-state index in [9.17, 15) is 13.2 Å². The van der Waals surface area contributed by atoms with E-state index in [0.717, 1.165) is 10.9 Å². The first-order valence-electron chi connectivity index (χ1n) is 10.1. The lowest BCUT2D eigenvalue weighted by Crippen LogP contribution is -2.42. The van der Waals surface area contributed by atoms with Crippen molar-refractivity contribution >= 4 is 26.9 Å². The maximum absolute atomic E-state index is 13.9. The first-order chi connectivity index (χ1) is 15.0. The van der Waals surface area contributed by atoms with Gasteiger partial charge >= 0.3 is 5.97 Å². The number of para-hydroxylation sites is 1. The van der Waals surface area contributed by atoms with Crippen LogP contribution in [-0.2, 0) is 30.8 Å². The van der Waals surface area contributed by atoms with Crippen molar-refractivity contribution in [2.75, 3.05) is 20.3 Å². The molecule has 2 aromatic carbocycles. The van der Waals surface area contributed by atoms with Gasteiger partial charge in [0.2, 0.25) is 0 Å². The Kier molecular flexibility index (Phi) is 4.92. The van der Waals surface area contributed by atoms with Crippen LogP contribution in [0.2, 0.25) is 0 Å². The van der Waals surface area contributed by atoms with E-state index in [0.29, 0.717) is 30.8 Å². The molecule has 0 bridgehead atoms. The van der Waals surface area contributed by atoms with Crippen molar-refractivity contribution in [3.05, 3.63) is 78.0 Å². The van der Waals surface area contributed by atoms with Gasteiger partial charge in [0.15, 0.2) is 0 Å². The number of hydroxylamine groups is 2. The Morgan fingerprint density at radius 1 is 1.10 bits per heavy atom. The fraction of sp³-hybridized carbons (Fsp3) is 0.261. The molecule has 31 heavy (non-hydrogen) atoms. The van der Waals surface area contributed by atoms with Crippen molar-refractivity contribution in [3.63, 3.8) is 0 Å². The number of hydrogen-bond acceptors (Lipinski definition) is 6. The lowest BCUT2D eigenvalue weighted by molar-refractivity contribution is -0.194. The molecule has 0 radical (unpaired) electrons. The average molecular weight is 439 g/mol. The number of nitrogens with zero attached hydrogens (tertiary/aromatic N) is 2. The predicted molar refractivity (Wildman–Crippen MR) is 115 cm³/mol. The molecule has 2 aliphatic rings. The van der Waals surface area contributed by atoms with Crippen molar-refractivity contribution < 1.29 is 22.8 Å². The lowest BCUT2D eigenvalue weighted by atomic mass is 9.89. The van der Waals surface area contributed by atoms with Crippen molar-refractivity contribution in [1.82, 2.24) is 9.04 Å². The Balaban J connectivity index is 1.84. The Bertz CT molecular complexity index is 1280. The summed E-state index contributed by atoms with van der Waals surface area (Å²) in [6.45, 7) is 0.858. The summed E-state index contributed by atoms with van der Waals surface area (Å²) >= 11 is 0. The summed E-state index contributed by atoms with van der Waals surface area (Å²) in [5, 5.41) is 2.59. The normalized spacial score (nSPS) is 21.3. The molecule has 0 N–H and O–H groups in total. The van der Waals surface area contributed by atoms with E-state index in [1.807, 2.05) is 18.2 Å². The van der Waals surface area contributed by atoms with E-state index in [4.69, 9.17) is 9.57 Å². The summed E-state index contributed by atoms with van der Waals surface area (Å²) in [5.74, 6) is -1.13. The third kappa shape index (κ3) is 3.10. The summed E-state index contributed by atoms with van der Waals surface area (Å²) in [7, 11) is -2.58. The monoisotopic (exact) mass is 438 g/mol. The van der Waals surface area contributed by atoms with Gasteiger partial charge in [-0.15, -0.1) is 0 Å². The van der Waals surface area contributed by atoms with Crippen molar-refractivity contribution in [1.29, 1.82) is 0 Å². The van der Waals surface area contributed by atoms with Crippen molar-refractivity contribution in [2.24, 2.45) is 5.92 Å². The van der Waals surface area contributed by atoms with Gasteiger partial charge in [0.25, 0.3) is 10.0 Å². The van der Waals surface area contributed by atoms with Gasteiger partial charge in [0.1, 0.15) is 0 Å². The van der Waals surface area contributed by atoms with Gasteiger partial charge in [-0.2, -0.15) is 5.06 Å². The zero-order valence-corrected chi connectivity index (χ0v) is 17.8. The summed E-state index contributed by atoms with van der Waals surface area (Å²) in [6.07, 6.45) is 4.14. The molecule has 0 saturated heterocycles. The Morgan fingerprint density at radius 2 is 1.84 bits per heavy atom. The number of rotatable bonds is 3. The average Bonchev–Trinajstić information content (AvgIpc) is 2.99. The molecule has 7 nitrogen and oxygen atoms in total. The molecular formula is C23H22N2O5S. The SMILES string of the molecule is COC(=O)C1C=CCON2CCc3c(n(S(=O)(=O)c4ccccc4)c4ccccc34)C12. The third-order valence-corrected chi connectivity index (χ3v) is 7.67. The fourth-order valence-electron chi connectivity index (χ4n) is 4.60. The van der Waals surface area contributed by atoms with E-state index >= 15 is 0 Å². The van der Waals surface area contributed by atoms with E-state index in [1.165, 1.54) is 11.1 Å². The van der Waals surface area contributed by atoms with Crippen LogP contribution in [0.5, 0.6) is 0 Å². The van der Waals surface area contributed by atoms with Crippen LogP contribution in [0.25, 0.3) is 10.9 Å². The van der Waals surface area contributed by atoms with Gasteiger partial charge in [0, 0.05) is 11.9 Å². The number of carbonyl (C=O) groups excluding carboxylic acids is 1. The summed E-state index contributed by atoms with van der Waals surface area (Å²) < 4.78 is 34.2. The van der Waals surface area contributed by atoms with Gasteiger partial charge in [-0.3, -0.25) is 9.63 Å². The number of fused-ring (bicyclic) bond motifs is 5. The molecule has 3 aromatic rings. The number of esters is 1.